The van der Waals surface area contributed by atoms with Crippen LogP contribution in [0.1, 0.15) is 12.8 Å². The molecule has 0 aromatic carbocycles. The fourth-order valence-electron chi connectivity index (χ4n) is 1.18. The standard InChI is InChI=1S/C10H10O10/c11-5(12)1-2-8(17)20-10(9(18)19,3-6(13)14)4-7(15)16/h1-2H,3-4H2,(H,11,12)(H,13,14)(H,15,16)(H,18,19)/b2-1-. The molecule has 0 radical (unpaired) electrons. The van der Waals surface area contributed by atoms with Crippen LogP contribution in [0.2, 0.25) is 0 Å². The summed E-state index contributed by atoms with van der Waals surface area (Å²) in [7, 11) is 0. The Kier molecular flexibility index (Phi) is 5.87. The number of aliphatic carboxylic acids is 4. The molecule has 0 bridgehead atoms. The molecule has 4 N–H and O–H groups in total. The van der Waals surface area contributed by atoms with Crippen LogP contribution >= 0.6 is 0 Å². The van der Waals surface area contributed by atoms with E-state index in [-0.39, 0.29) is 0 Å². The number of carboxylic acid groups (broad SMARTS) is 4. The summed E-state index contributed by atoms with van der Waals surface area (Å²) >= 11 is 0. The van der Waals surface area contributed by atoms with Gasteiger partial charge in [-0.2, -0.15) is 0 Å². The summed E-state index contributed by atoms with van der Waals surface area (Å²) < 4.78 is 4.32. The number of hydrogen-bond donors (Lipinski definition) is 4. The highest BCUT2D eigenvalue weighted by atomic mass is 16.6. The van der Waals surface area contributed by atoms with Gasteiger partial charge in [-0.3, -0.25) is 9.59 Å². The third kappa shape index (κ3) is 5.62. The molecule has 0 saturated heterocycles. The van der Waals surface area contributed by atoms with Gasteiger partial charge in [0.05, 0.1) is 12.8 Å². The van der Waals surface area contributed by atoms with Crippen molar-refractivity contribution in [3.8, 4) is 0 Å². The summed E-state index contributed by atoms with van der Waals surface area (Å²) in [6, 6.07) is 0. The van der Waals surface area contributed by atoms with Gasteiger partial charge in [-0.1, -0.05) is 0 Å². The summed E-state index contributed by atoms with van der Waals surface area (Å²) in [5.74, 6) is -8.40. The van der Waals surface area contributed by atoms with Gasteiger partial charge in [-0.15, -0.1) is 0 Å². The zero-order chi connectivity index (χ0) is 15.9. The summed E-state index contributed by atoms with van der Waals surface area (Å²) in [5.41, 5.74) is -2.82. The van der Waals surface area contributed by atoms with Gasteiger partial charge in [0, 0.05) is 12.2 Å². The molecule has 0 rings (SSSR count). The van der Waals surface area contributed by atoms with Crippen molar-refractivity contribution in [1.82, 2.24) is 0 Å². The maximum Gasteiger partial charge on any atom is 0.349 e. The fourth-order valence-corrected chi connectivity index (χ4v) is 1.18. The van der Waals surface area contributed by atoms with Crippen molar-refractivity contribution >= 4 is 29.8 Å². The molecule has 0 amide bonds. The molecule has 0 aromatic heterocycles. The van der Waals surface area contributed by atoms with Crippen molar-refractivity contribution in [3.63, 3.8) is 0 Å². The predicted octanol–water partition coefficient (Wildman–Crippen LogP) is -1.06. The van der Waals surface area contributed by atoms with E-state index < -0.39 is 48.3 Å². The molecule has 10 nitrogen and oxygen atoms in total. The van der Waals surface area contributed by atoms with E-state index in [1.54, 1.807) is 0 Å². The van der Waals surface area contributed by atoms with Crippen LogP contribution in [0.4, 0.5) is 0 Å². The lowest BCUT2D eigenvalue weighted by Crippen LogP contribution is -2.46. The summed E-state index contributed by atoms with van der Waals surface area (Å²) in [5, 5.41) is 34.3. The Morgan fingerprint density at radius 1 is 0.850 bits per heavy atom. The maximum atomic E-state index is 11.2. The number of esters is 1. The van der Waals surface area contributed by atoms with Crippen LogP contribution in [0, 0.1) is 0 Å². The van der Waals surface area contributed by atoms with E-state index in [1.165, 1.54) is 0 Å². The molecule has 0 atom stereocenters. The van der Waals surface area contributed by atoms with Crippen molar-refractivity contribution in [1.29, 1.82) is 0 Å². The highest BCUT2D eigenvalue weighted by Gasteiger charge is 2.46. The second-order valence-electron chi connectivity index (χ2n) is 3.53. The van der Waals surface area contributed by atoms with Crippen LogP contribution in [0.25, 0.3) is 0 Å². The molecular weight excluding hydrogens is 280 g/mol. The summed E-state index contributed by atoms with van der Waals surface area (Å²) in [4.78, 5) is 53.6. The van der Waals surface area contributed by atoms with Crippen LogP contribution < -0.4 is 0 Å². The Balaban J connectivity index is 5.33. The van der Waals surface area contributed by atoms with Gasteiger partial charge in [0.25, 0.3) is 0 Å². The van der Waals surface area contributed by atoms with E-state index in [1.807, 2.05) is 0 Å². The monoisotopic (exact) mass is 290 g/mol. The predicted molar refractivity (Wildman–Crippen MR) is 57.7 cm³/mol. The number of carboxylic acids is 4. The minimum atomic E-state index is -2.82. The molecule has 10 heteroatoms. The van der Waals surface area contributed by atoms with Gasteiger partial charge in [0.1, 0.15) is 0 Å². The average Bonchev–Trinajstić information content (AvgIpc) is 2.23. The van der Waals surface area contributed by atoms with Crippen molar-refractivity contribution in [2.45, 2.75) is 18.4 Å². The third-order valence-corrected chi connectivity index (χ3v) is 1.92. The molecule has 20 heavy (non-hydrogen) atoms. The quantitative estimate of drug-likeness (QED) is 0.318. The molecule has 0 unspecified atom stereocenters. The first-order chi connectivity index (χ1) is 9.09. The Labute approximate surface area is 110 Å². The Morgan fingerprint density at radius 2 is 1.30 bits per heavy atom. The molecular formula is C10H10O10. The number of carbonyl (C=O) groups excluding carboxylic acids is 1. The van der Waals surface area contributed by atoms with E-state index in [0.717, 1.165) is 0 Å². The van der Waals surface area contributed by atoms with Gasteiger partial charge >= 0.3 is 29.8 Å². The molecule has 0 aliphatic rings. The number of carbonyl (C=O) groups is 5. The van der Waals surface area contributed by atoms with Crippen LogP contribution in [0.15, 0.2) is 12.2 Å². The zero-order valence-electron chi connectivity index (χ0n) is 9.81. The fraction of sp³-hybridized carbons (Fsp3) is 0.300. The highest BCUT2D eigenvalue weighted by Crippen LogP contribution is 2.22. The highest BCUT2D eigenvalue weighted by molar-refractivity contribution is 5.95. The second-order valence-corrected chi connectivity index (χ2v) is 3.53. The molecule has 0 aliphatic heterocycles. The first-order valence-electron chi connectivity index (χ1n) is 4.90. The normalized spacial score (nSPS) is 11.0. The van der Waals surface area contributed by atoms with Crippen LogP contribution in [-0.2, 0) is 28.7 Å². The largest absolute Gasteiger partial charge is 0.481 e. The van der Waals surface area contributed by atoms with Crippen molar-refractivity contribution in [3.05, 3.63) is 12.2 Å². The zero-order valence-corrected chi connectivity index (χ0v) is 9.81. The number of hydrogen-bond acceptors (Lipinski definition) is 6. The average molecular weight is 290 g/mol. The lowest BCUT2D eigenvalue weighted by molar-refractivity contribution is -0.183. The van der Waals surface area contributed by atoms with Crippen molar-refractivity contribution in [2.75, 3.05) is 0 Å². The molecule has 0 spiro atoms. The maximum absolute atomic E-state index is 11.2. The lowest BCUT2D eigenvalue weighted by atomic mass is 9.95. The van der Waals surface area contributed by atoms with E-state index in [9.17, 15) is 24.0 Å². The number of ether oxygens (including phenoxy) is 1. The van der Waals surface area contributed by atoms with E-state index in [2.05, 4.69) is 4.74 Å². The van der Waals surface area contributed by atoms with Crippen LogP contribution in [0.5, 0.6) is 0 Å². The summed E-state index contributed by atoms with van der Waals surface area (Å²) in [6.45, 7) is 0. The van der Waals surface area contributed by atoms with Crippen LogP contribution in [-0.4, -0.2) is 55.9 Å². The van der Waals surface area contributed by atoms with Crippen molar-refractivity contribution in [2.24, 2.45) is 0 Å². The first-order valence-corrected chi connectivity index (χ1v) is 4.90. The van der Waals surface area contributed by atoms with Gasteiger partial charge in [-0.25, -0.2) is 14.4 Å². The van der Waals surface area contributed by atoms with E-state index in [0.29, 0.717) is 12.2 Å². The van der Waals surface area contributed by atoms with E-state index >= 15 is 0 Å². The Bertz CT molecular complexity index is 458. The molecule has 0 aromatic rings. The van der Waals surface area contributed by atoms with Gasteiger partial charge in [0.2, 0.25) is 5.60 Å². The molecule has 0 aliphatic carbocycles. The third-order valence-electron chi connectivity index (χ3n) is 1.92. The van der Waals surface area contributed by atoms with Gasteiger partial charge < -0.3 is 25.2 Å². The Morgan fingerprint density at radius 3 is 1.60 bits per heavy atom. The molecule has 110 valence electrons. The molecule has 0 fully saturated rings. The SMILES string of the molecule is O=C(O)/C=C\C(=O)OC(CC(=O)O)(CC(=O)O)C(=O)O. The molecule has 0 saturated carbocycles. The topological polar surface area (TPSA) is 175 Å². The van der Waals surface area contributed by atoms with Crippen molar-refractivity contribution < 1.29 is 49.1 Å². The van der Waals surface area contributed by atoms with E-state index in [4.69, 9.17) is 20.4 Å². The lowest BCUT2D eigenvalue weighted by Gasteiger charge is -2.25. The Hall–Kier alpha value is -2.91. The minimum Gasteiger partial charge on any atom is -0.481 e. The second kappa shape index (κ2) is 6.87. The number of rotatable bonds is 8. The van der Waals surface area contributed by atoms with Gasteiger partial charge in [0.15, 0.2) is 0 Å². The minimum absolute atomic E-state index is 0.330. The summed E-state index contributed by atoms with van der Waals surface area (Å²) in [6.07, 6.45) is -1.91. The molecule has 0 heterocycles. The first kappa shape index (κ1) is 17.1. The van der Waals surface area contributed by atoms with Crippen LogP contribution in [0.3, 0.4) is 0 Å². The van der Waals surface area contributed by atoms with Gasteiger partial charge in [-0.05, 0) is 0 Å². The smallest absolute Gasteiger partial charge is 0.349 e.